The molecule has 2 heteroatoms. The molecule has 0 fully saturated rings. The van der Waals surface area contributed by atoms with E-state index in [4.69, 9.17) is 0 Å². The van der Waals surface area contributed by atoms with Crippen LogP contribution in [0.4, 0.5) is 0 Å². The monoisotopic (exact) mass is 324 g/mol. The van der Waals surface area contributed by atoms with Crippen LogP contribution in [0.15, 0.2) is 53.0 Å². The number of rotatable bonds is 2. The fourth-order valence-corrected chi connectivity index (χ4v) is 2.57. The minimum absolute atomic E-state index is 0.879. The number of hydrogen-bond donors (Lipinski definition) is 0. The van der Waals surface area contributed by atoms with Gasteiger partial charge in [0, 0.05) is 9.80 Å². The van der Waals surface area contributed by atoms with Crippen molar-refractivity contribution < 1.29 is 0 Å². The maximum absolute atomic E-state index is 3.58. The summed E-state index contributed by atoms with van der Waals surface area (Å²) in [5.74, 6) is 0. The molecule has 2 rings (SSSR count). The second-order valence-corrected chi connectivity index (χ2v) is 4.69. The van der Waals surface area contributed by atoms with E-state index >= 15 is 0 Å². The van der Waals surface area contributed by atoms with Crippen LogP contribution in [-0.4, -0.2) is 0 Å². The second kappa shape index (κ2) is 4.95. The molecule has 0 atom stereocenters. The van der Waals surface area contributed by atoms with E-state index < -0.39 is 0 Å². The van der Waals surface area contributed by atoms with Crippen LogP contribution in [0.5, 0.6) is 0 Å². The Bertz CT molecular complexity index is 464. The van der Waals surface area contributed by atoms with Crippen molar-refractivity contribution in [2.45, 2.75) is 5.33 Å². The first-order valence-corrected chi connectivity index (χ1v) is 6.63. The Hall–Kier alpha value is -0.600. The molecule has 0 saturated carbocycles. The van der Waals surface area contributed by atoms with Crippen LogP contribution < -0.4 is 0 Å². The zero-order chi connectivity index (χ0) is 10.7. The van der Waals surface area contributed by atoms with Gasteiger partial charge >= 0.3 is 0 Å². The highest BCUT2D eigenvalue weighted by Crippen LogP contribution is 2.31. The molecule has 0 spiro atoms. The quantitative estimate of drug-likeness (QED) is 0.681. The molecule has 0 aliphatic carbocycles. The van der Waals surface area contributed by atoms with Gasteiger partial charge in [-0.05, 0) is 22.8 Å². The van der Waals surface area contributed by atoms with E-state index in [2.05, 4.69) is 74.3 Å². The first-order chi connectivity index (χ1) is 7.33. The Morgan fingerprint density at radius 1 is 0.800 bits per heavy atom. The maximum atomic E-state index is 3.58. The summed E-state index contributed by atoms with van der Waals surface area (Å²) in [6.45, 7) is 0. The first-order valence-electron chi connectivity index (χ1n) is 4.71. The minimum Gasteiger partial charge on any atom is -0.0876 e. The third-order valence-corrected chi connectivity index (χ3v) is 3.62. The smallest absolute Gasteiger partial charge is 0.0289 e. The fraction of sp³-hybridized carbons (Fsp3) is 0.0769. The lowest BCUT2D eigenvalue weighted by Gasteiger charge is -2.08. The molecular weight excluding hydrogens is 316 g/mol. The molecule has 0 unspecified atom stereocenters. The molecule has 15 heavy (non-hydrogen) atoms. The zero-order valence-corrected chi connectivity index (χ0v) is 11.3. The predicted molar refractivity (Wildman–Crippen MR) is 72.2 cm³/mol. The van der Waals surface area contributed by atoms with E-state index in [0.717, 1.165) is 9.80 Å². The molecule has 0 heterocycles. The van der Waals surface area contributed by atoms with Crippen LogP contribution in [-0.2, 0) is 5.33 Å². The van der Waals surface area contributed by atoms with E-state index in [1.54, 1.807) is 0 Å². The molecule has 76 valence electrons. The number of alkyl halides is 1. The van der Waals surface area contributed by atoms with Crippen LogP contribution in [0.3, 0.4) is 0 Å². The maximum Gasteiger partial charge on any atom is 0.0289 e. The number of hydrogen-bond acceptors (Lipinski definition) is 0. The van der Waals surface area contributed by atoms with Gasteiger partial charge in [0.15, 0.2) is 0 Å². The molecule has 0 saturated heterocycles. The molecule has 0 amide bonds. The van der Waals surface area contributed by atoms with Gasteiger partial charge in [0.1, 0.15) is 0 Å². The van der Waals surface area contributed by atoms with Crippen molar-refractivity contribution >= 4 is 31.9 Å². The number of benzene rings is 2. The SMILES string of the molecule is BrCc1ccccc1-c1ccccc1Br. The van der Waals surface area contributed by atoms with E-state index in [-0.39, 0.29) is 0 Å². The van der Waals surface area contributed by atoms with Crippen LogP contribution in [0.1, 0.15) is 5.56 Å². The molecule has 0 aromatic heterocycles. The minimum atomic E-state index is 0.879. The average molecular weight is 326 g/mol. The fourth-order valence-electron chi connectivity index (χ4n) is 1.58. The Balaban J connectivity index is 2.59. The van der Waals surface area contributed by atoms with E-state index in [1.165, 1.54) is 16.7 Å². The summed E-state index contributed by atoms with van der Waals surface area (Å²) in [7, 11) is 0. The lowest BCUT2D eigenvalue weighted by atomic mass is 10.0. The first kappa shape index (κ1) is 10.9. The normalized spacial score (nSPS) is 10.3. The van der Waals surface area contributed by atoms with Crippen molar-refractivity contribution in [3.63, 3.8) is 0 Å². The van der Waals surface area contributed by atoms with Gasteiger partial charge in [0.05, 0.1) is 0 Å². The Morgan fingerprint density at radius 2 is 1.40 bits per heavy atom. The predicted octanol–water partition coefficient (Wildman–Crippen LogP) is 5.01. The highest BCUT2D eigenvalue weighted by atomic mass is 79.9. The molecule has 0 N–H and O–H groups in total. The molecule has 0 nitrogen and oxygen atoms in total. The van der Waals surface area contributed by atoms with Crippen LogP contribution in [0.25, 0.3) is 11.1 Å². The van der Waals surface area contributed by atoms with Gasteiger partial charge in [0.2, 0.25) is 0 Å². The summed E-state index contributed by atoms with van der Waals surface area (Å²) in [5, 5.41) is 0.879. The summed E-state index contributed by atoms with van der Waals surface area (Å²) in [6, 6.07) is 16.7. The van der Waals surface area contributed by atoms with Crippen molar-refractivity contribution in [1.29, 1.82) is 0 Å². The van der Waals surface area contributed by atoms with E-state index in [0.29, 0.717) is 0 Å². The van der Waals surface area contributed by atoms with Crippen molar-refractivity contribution in [3.8, 4) is 11.1 Å². The van der Waals surface area contributed by atoms with E-state index in [9.17, 15) is 0 Å². The van der Waals surface area contributed by atoms with Gasteiger partial charge in [-0.2, -0.15) is 0 Å². The Kier molecular flexibility index (Phi) is 3.60. The third-order valence-electron chi connectivity index (χ3n) is 2.33. The molecule has 2 aromatic carbocycles. The molecule has 0 radical (unpaired) electrons. The molecule has 2 aromatic rings. The van der Waals surface area contributed by atoms with Crippen LogP contribution >= 0.6 is 31.9 Å². The topological polar surface area (TPSA) is 0 Å². The highest BCUT2D eigenvalue weighted by molar-refractivity contribution is 9.10. The van der Waals surface area contributed by atoms with Gasteiger partial charge in [-0.1, -0.05) is 74.3 Å². The van der Waals surface area contributed by atoms with Crippen molar-refractivity contribution in [2.24, 2.45) is 0 Å². The van der Waals surface area contributed by atoms with Gasteiger partial charge in [-0.25, -0.2) is 0 Å². The van der Waals surface area contributed by atoms with Crippen molar-refractivity contribution in [3.05, 3.63) is 58.6 Å². The van der Waals surface area contributed by atoms with Crippen molar-refractivity contribution in [2.75, 3.05) is 0 Å². The molecule has 0 aliphatic heterocycles. The summed E-state index contributed by atoms with van der Waals surface area (Å²) in [6.07, 6.45) is 0. The zero-order valence-electron chi connectivity index (χ0n) is 8.08. The highest BCUT2D eigenvalue weighted by Gasteiger charge is 2.05. The second-order valence-electron chi connectivity index (χ2n) is 3.27. The third kappa shape index (κ3) is 2.32. The standard InChI is InChI=1S/C13H10Br2/c14-9-10-5-1-2-6-11(10)12-7-3-4-8-13(12)15/h1-8H,9H2. The molecule has 0 bridgehead atoms. The van der Waals surface area contributed by atoms with Gasteiger partial charge < -0.3 is 0 Å². The summed E-state index contributed by atoms with van der Waals surface area (Å²) < 4.78 is 1.14. The van der Waals surface area contributed by atoms with E-state index in [1.807, 2.05) is 6.07 Å². The average Bonchev–Trinajstić information content (AvgIpc) is 2.30. The van der Waals surface area contributed by atoms with Gasteiger partial charge in [0.25, 0.3) is 0 Å². The Labute approximate surface area is 107 Å². The van der Waals surface area contributed by atoms with Crippen LogP contribution in [0, 0.1) is 0 Å². The largest absolute Gasteiger partial charge is 0.0876 e. The number of halogens is 2. The lowest BCUT2D eigenvalue weighted by Crippen LogP contribution is -1.86. The Morgan fingerprint density at radius 3 is 2.07 bits per heavy atom. The van der Waals surface area contributed by atoms with Crippen LogP contribution in [0.2, 0.25) is 0 Å². The lowest BCUT2D eigenvalue weighted by molar-refractivity contribution is 1.42. The summed E-state index contributed by atoms with van der Waals surface area (Å²) >= 11 is 7.10. The molecule has 0 aliphatic rings. The summed E-state index contributed by atoms with van der Waals surface area (Å²) in [4.78, 5) is 0. The van der Waals surface area contributed by atoms with Crippen molar-refractivity contribution in [1.82, 2.24) is 0 Å². The van der Waals surface area contributed by atoms with Gasteiger partial charge in [-0.3, -0.25) is 0 Å². The van der Waals surface area contributed by atoms with Gasteiger partial charge in [-0.15, -0.1) is 0 Å². The summed E-state index contributed by atoms with van der Waals surface area (Å²) in [5.41, 5.74) is 3.83. The molecular formula is C13H10Br2.